The van der Waals surface area contributed by atoms with E-state index in [1.807, 2.05) is 24.4 Å². The molecule has 0 unspecified atom stereocenters. The van der Waals surface area contributed by atoms with Gasteiger partial charge in [0.25, 0.3) is 0 Å². The summed E-state index contributed by atoms with van der Waals surface area (Å²) in [6.45, 7) is 3.06. The van der Waals surface area contributed by atoms with E-state index >= 15 is 0 Å². The van der Waals surface area contributed by atoms with Gasteiger partial charge in [-0.25, -0.2) is 4.98 Å². The minimum atomic E-state index is 0.624. The first-order valence-corrected chi connectivity index (χ1v) is 8.32. The minimum Gasteiger partial charge on any atom is -0.326 e. The van der Waals surface area contributed by atoms with Crippen LogP contribution in [0.3, 0.4) is 0 Å². The molecule has 0 atom stereocenters. The summed E-state index contributed by atoms with van der Waals surface area (Å²) in [4.78, 5) is 11.4. The van der Waals surface area contributed by atoms with Gasteiger partial charge in [0.1, 0.15) is 5.82 Å². The van der Waals surface area contributed by atoms with Gasteiger partial charge in [-0.15, -0.1) is 0 Å². The number of anilines is 4. The molecule has 0 saturated carbocycles. The SMILES string of the molecule is Cc1ccc(Nc2nccc(N3CCCc4ccccc43)n2)cc1. The van der Waals surface area contributed by atoms with Gasteiger partial charge in [-0.05, 0) is 49.6 Å². The van der Waals surface area contributed by atoms with E-state index < -0.39 is 0 Å². The molecule has 4 nitrogen and oxygen atoms in total. The highest BCUT2D eigenvalue weighted by molar-refractivity contribution is 5.66. The molecule has 4 rings (SSSR count). The van der Waals surface area contributed by atoms with Crippen molar-refractivity contribution >= 4 is 23.1 Å². The van der Waals surface area contributed by atoms with Crippen molar-refractivity contribution in [2.45, 2.75) is 19.8 Å². The molecular weight excluding hydrogens is 296 g/mol. The average Bonchev–Trinajstić information content (AvgIpc) is 2.63. The largest absolute Gasteiger partial charge is 0.326 e. The lowest BCUT2D eigenvalue weighted by molar-refractivity contribution is 0.759. The summed E-state index contributed by atoms with van der Waals surface area (Å²) >= 11 is 0. The highest BCUT2D eigenvalue weighted by Crippen LogP contribution is 2.32. The topological polar surface area (TPSA) is 41.1 Å². The molecule has 24 heavy (non-hydrogen) atoms. The van der Waals surface area contributed by atoms with E-state index in [1.54, 1.807) is 0 Å². The van der Waals surface area contributed by atoms with Gasteiger partial charge in [0, 0.05) is 24.1 Å². The van der Waals surface area contributed by atoms with Crippen LogP contribution < -0.4 is 10.2 Å². The lowest BCUT2D eigenvalue weighted by atomic mass is 10.0. The van der Waals surface area contributed by atoms with Crippen LogP contribution in [0.2, 0.25) is 0 Å². The van der Waals surface area contributed by atoms with Crippen LogP contribution >= 0.6 is 0 Å². The smallest absolute Gasteiger partial charge is 0.229 e. The highest BCUT2D eigenvalue weighted by atomic mass is 15.2. The molecule has 0 amide bonds. The van der Waals surface area contributed by atoms with E-state index in [4.69, 9.17) is 4.98 Å². The molecule has 2 heterocycles. The van der Waals surface area contributed by atoms with Gasteiger partial charge in [-0.1, -0.05) is 35.9 Å². The molecule has 2 aromatic carbocycles. The molecule has 0 radical (unpaired) electrons. The fourth-order valence-electron chi connectivity index (χ4n) is 3.10. The molecule has 0 aliphatic carbocycles. The summed E-state index contributed by atoms with van der Waals surface area (Å²) in [5.41, 5.74) is 4.87. The second kappa shape index (κ2) is 6.32. The molecule has 0 spiro atoms. The Balaban J connectivity index is 1.62. The molecule has 4 heteroatoms. The number of hydrogen-bond acceptors (Lipinski definition) is 4. The number of aromatic nitrogens is 2. The molecule has 1 aliphatic rings. The normalized spacial score (nSPS) is 13.5. The molecule has 1 aromatic heterocycles. The number of nitrogens with one attached hydrogen (secondary N) is 1. The predicted octanol–water partition coefficient (Wildman–Crippen LogP) is 4.61. The van der Waals surface area contributed by atoms with E-state index in [9.17, 15) is 0 Å². The number of nitrogens with zero attached hydrogens (tertiary/aromatic N) is 3. The zero-order chi connectivity index (χ0) is 16.4. The van der Waals surface area contributed by atoms with Crippen molar-refractivity contribution in [3.05, 3.63) is 71.9 Å². The van der Waals surface area contributed by atoms with Crippen LogP contribution in [0, 0.1) is 6.92 Å². The number of rotatable bonds is 3. The van der Waals surface area contributed by atoms with Crippen molar-refractivity contribution in [1.29, 1.82) is 0 Å². The zero-order valence-corrected chi connectivity index (χ0v) is 13.7. The Hall–Kier alpha value is -2.88. The van der Waals surface area contributed by atoms with Crippen LogP contribution in [0.15, 0.2) is 60.8 Å². The fraction of sp³-hybridized carbons (Fsp3) is 0.200. The van der Waals surface area contributed by atoms with E-state index in [0.717, 1.165) is 30.9 Å². The van der Waals surface area contributed by atoms with Crippen molar-refractivity contribution in [1.82, 2.24) is 9.97 Å². The number of fused-ring (bicyclic) bond motifs is 1. The predicted molar refractivity (Wildman–Crippen MR) is 98.3 cm³/mol. The van der Waals surface area contributed by atoms with Crippen molar-refractivity contribution in [2.24, 2.45) is 0 Å². The maximum Gasteiger partial charge on any atom is 0.229 e. The van der Waals surface area contributed by atoms with Gasteiger partial charge in [0.15, 0.2) is 0 Å². The molecule has 0 bridgehead atoms. The van der Waals surface area contributed by atoms with Crippen LogP contribution in [0.25, 0.3) is 0 Å². The summed E-state index contributed by atoms with van der Waals surface area (Å²) in [5, 5.41) is 3.29. The molecular formula is C20H20N4. The number of aryl methyl sites for hydroxylation is 2. The molecule has 0 saturated heterocycles. The molecule has 1 aliphatic heterocycles. The third kappa shape index (κ3) is 2.95. The standard InChI is InChI=1S/C20H20N4/c1-15-8-10-17(11-9-15)22-20-21-13-12-19(23-20)24-14-4-6-16-5-2-3-7-18(16)24/h2-3,5,7-13H,4,6,14H2,1H3,(H,21,22,23). The van der Waals surface area contributed by atoms with Crippen molar-refractivity contribution in [3.8, 4) is 0 Å². The van der Waals surface area contributed by atoms with Crippen molar-refractivity contribution < 1.29 is 0 Å². The Bertz CT molecular complexity index is 842. The summed E-state index contributed by atoms with van der Waals surface area (Å²) in [5.74, 6) is 1.56. The summed E-state index contributed by atoms with van der Waals surface area (Å²) in [6.07, 6.45) is 4.09. The zero-order valence-electron chi connectivity index (χ0n) is 13.7. The van der Waals surface area contributed by atoms with Gasteiger partial charge in [-0.2, -0.15) is 4.98 Å². The molecule has 120 valence electrons. The second-order valence-electron chi connectivity index (χ2n) is 6.11. The van der Waals surface area contributed by atoms with Crippen LogP contribution in [0.1, 0.15) is 17.5 Å². The lowest BCUT2D eigenvalue weighted by Crippen LogP contribution is -2.25. The third-order valence-electron chi connectivity index (χ3n) is 4.34. The van der Waals surface area contributed by atoms with Gasteiger partial charge in [-0.3, -0.25) is 0 Å². The van der Waals surface area contributed by atoms with Crippen LogP contribution in [-0.4, -0.2) is 16.5 Å². The Morgan fingerprint density at radius 2 is 1.83 bits per heavy atom. The van der Waals surface area contributed by atoms with Gasteiger partial charge in [0.05, 0.1) is 0 Å². The first kappa shape index (κ1) is 14.7. The van der Waals surface area contributed by atoms with Crippen LogP contribution in [0.5, 0.6) is 0 Å². The Kier molecular flexibility index (Phi) is 3.87. The first-order chi connectivity index (χ1) is 11.8. The minimum absolute atomic E-state index is 0.624. The number of benzene rings is 2. The van der Waals surface area contributed by atoms with Crippen LogP contribution in [-0.2, 0) is 6.42 Å². The Morgan fingerprint density at radius 3 is 2.71 bits per heavy atom. The summed E-state index contributed by atoms with van der Waals surface area (Å²) in [6, 6.07) is 18.8. The monoisotopic (exact) mass is 316 g/mol. The molecule has 1 N–H and O–H groups in total. The highest BCUT2D eigenvalue weighted by Gasteiger charge is 2.19. The van der Waals surface area contributed by atoms with E-state index in [1.165, 1.54) is 16.8 Å². The maximum atomic E-state index is 4.72. The van der Waals surface area contributed by atoms with Gasteiger partial charge in [0.2, 0.25) is 5.95 Å². The van der Waals surface area contributed by atoms with E-state index in [0.29, 0.717) is 5.95 Å². The Labute approximate surface area is 142 Å². The Morgan fingerprint density at radius 1 is 1.00 bits per heavy atom. The number of para-hydroxylation sites is 1. The fourth-order valence-corrected chi connectivity index (χ4v) is 3.10. The van der Waals surface area contributed by atoms with Crippen molar-refractivity contribution in [3.63, 3.8) is 0 Å². The molecule has 3 aromatic rings. The van der Waals surface area contributed by atoms with Gasteiger partial charge >= 0.3 is 0 Å². The van der Waals surface area contributed by atoms with E-state index in [-0.39, 0.29) is 0 Å². The van der Waals surface area contributed by atoms with Crippen molar-refractivity contribution in [2.75, 3.05) is 16.8 Å². The van der Waals surface area contributed by atoms with E-state index in [2.05, 4.69) is 58.5 Å². The summed E-state index contributed by atoms with van der Waals surface area (Å²) in [7, 11) is 0. The number of hydrogen-bond donors (Lipinski definition) is 1. The second-order valence-corrected chi connectivity index (χ2v) is 6.11. The van der Waals surface area contributed by atoms with Gasteiger partial charge < -0.3 is 10.2 Å². The maximum absolute atomic E-state index is 4.72. The summed E-state index contributed by atoms with van der Waals surface area (Å²) < 4.78 is 0. The third-order valence-corrected chi connectivity index (χ3v) is 4.34. The quantitative estimate of drug-likeness (QED) is 0.766. The average molecular weight is 316 g/mol. The van der Waals surface area contributed by atoms with Crippen LogP contribution in [0.4, 0.5) is 23.1 Å². The first-order valence-electron chi connectivity index (χ1n) is 8.32. The lowest BCUT2D eigenvalue weighted by Gasteiger charge is -2.30. The molecule has 0 fully saturated rings.